The Labute approximate surface area is 185 Å². The lowest BCUT2D eigenvalue weighted by Crippen LogP contribution is -2.46. The van der Waals surface area contributed by atoms with E-state index in [9.17, 15) is 14.4 Å². The molecule has 31 heavy (non-hydrogen) atoms. The maximum Gasteiger partial charge on any atom is 0.330 e. The van der Waals surface area contributed by atoms with Crippen molar-refractivity contribution in [2.24, 2.45) is 0 Å². The Balaban J connectivity index is 1.31. The molecule has 0 bridgehead atoms. The fourth-order valence-corrected chi connectivity index (χ4v) is 5.29. The van der Waals surface area contributed by atoms with Gasteiger partial charge in [-0.1, -0.05) is 12.1 Å². The fourth-order valence-electron chi connectivity index (χ4n) is 3.88. The Morgan fingerprint density at radius 3 is 2.55 bits per heavy atom. The normalized spacial score (nSPS) is 22.2. The number of carbonyl (C=O) groups excluding carboxylic acids is 3. The lowest BCUT2D eigenvalue weighted by atomic mass is 10.1. The van der Waals surface area contributed by atoms with Gasteiger partial charge in [-0.05, 0) is 55.3 Å². The highest BCUT2D eigenvalue weighted by molar-refractivity contribution is 8.01. The zero-order valence-corrected chi connectivity index (χ0v) is 18.2. The number of thioether (sulfide) groups is 1. The zero-order valence-electron chi connectivity index (χ0n) is 17.4. The van der Waals surface area contributed by atoms with Crippen molar-refractivity contribution >= 4 is 35.2 Å². The third kappa shape index (κ3) is 4.39. The maximum absolute atomic E-state index is 12.6. The molecule has 2 aromatic carbocycles. The molecule has 2 fully saturated rings. The van der Waals surface area contributed by atoms with Crippen molar-refractivity contribution in [2.75, 3.05) is 18.2 Å². The molecule has 2 saturated heterocycles. The van der Waals surface area contributed by atoms with Crippen molar-refractivity contribution in [3.63, 3.8) is 0 Å². The molecule has 2 aliphatic rings. The Bertz CT molecular complexity index is 992. The van der Waals surface area contributed by atoms with E-state index in [4.69, 9.17) is 9.47 Å². The number of hydrogen-bond donors (Lipinski definition) is 1. The number of ether oxygens (including phenoxy) is 2. The van der Waals surface area contributed by atoms with E-state index in [1.165, 1.54) is 0 Å². The number of carbonyl (C=O) groups is 3. The largest absolute Gasteiger partial charge is 0.497 e. The van der Waals surface area contributed by atoms with E-state index in [0.29, 0.717) is 29.2 Å². The Morgan fingerprint density at radius 1 is 1.16 bits per heavy atom. The number of anilines is 1. The average molecular weight is 441 g/mol. The van der Waals surface area contributed by atoms with Gasteiger partial charge in [0.15, 0.2) is 0 Å². The van der Waals surface area contributed by atoms with Gasteiger partial charge in [0.1, 0.15) is 18.4 Å². The van der Waals surface area contributed by atoms with E-state index in [1.807, 2.05) is 6.92 Å². The highest BCUT2D eigenvalue weighted by Crippen LogP contribution is 2.47. The molecule has 162 valence electrons. The quantitative estimate of drug-likeness (QED) is 0.693. The molecule has 2 atom stereocenters. The summed E-state index contributed by atoms with van der Waals surface area (Å²) in [6.07, 6.45) is 1.24. The van der Waals surface area contributed by atoms with Crippen molar-refractivity contribution in [1.82, 2.24) is 4.90 Å². The summed E-state index contributed by atoms with van der Waals surface area (Å²) in [7, 11) is 1.59. The molecule has 1 N–H and O–H groups in total. The number of nitrogens with one attached hydrogen (secondary N) is 1. The number of nitrogens with zero attached hydrogens (tertiary/aromatic N) is 1. The molecule has 2 heterocycles. The van der Waals surface area contributed by atoms with Gasteiger partial charge < -0.3 is 19.7 Å². The van der Waals surface area contributed by atoms with Crippen LogP contribution in [0.5, 0.6) is 5.75 Å². The van der Waals surface area contributed by atoms with Crippen LogP contribution in [-0.4, -0.2) is 46.5 Å². The minimum Gasteiger partial charge on any atom is -0.497 e. The van der Waals surface area contributed by atoms with Gasteiger partial charge in [-0.2, -0.15) is 0 Å². The summed E-state index contributed by atoms with van der Waals surface area (Å²) in [6.45, 7) is 2.10. The van der Waals surface area contributed by atoms with E-state index < -0.39 is 6.04 Å². The van der Waals surface area contributed by atoms with E-state index in [-0.39, 0.29) is 29.3 Å². The number of hydrogen-bond acceptors (Lipinski definition) is 6. The summed E-state index contributed by atoms with van der Waals surface area (Å²) in [6, 6.07) is 13.4. The summed E-state index contributed by atoms with van der Waals surface area (Å²) >= 11 is 1.64. The average Bonchev–Trinajstić information content (AvgIpc) is 3.28. The summed E-state index contributed by atoms with van der Waals surface area (Å²) in [5, 5.41) is 2.83. The number of benzene rings is 2. The third-order valence-electron chi connectivity index (χ3n) is 5.66. The topological polar surface area (TPSA) is 84.9 Å². The van der Waals surface area contributed by atoms with E-state index in [2.05, 4.69) is 5.32 Å². The summed E-state index contributed by atoms with van der Waals surface area (Å²) in [5.74, 6) is 0.677. The van der Waals surface area contributed by atoms with Crippen molar-refractivity contribution in [3.05, 3.63) is 59.7 Å². The Morgan fingerprint density at radius 2 is 1.87 bits per heavy atom. The standard InChI is InChI=1S/C23H24N2O5S/c1-23-12-11-20(26)25(23)19(14-31-23)22(28)30-13-15-3-5-16(6-4-15)21(27)24-17-7-9-18(29-2)10-8-17/h3-10,19H,11-14H2,1-2H3,(H,24,27)/t19-,23+/m0/s1. The van der Waals surface area contributed by atoms with Crippen molar-refractivity contribution in [2.45, 2.75) is 37.3 Å². The van der Waals surface area contributed by atoms with Crippen LogP contribution >= 0.6 is 11.8 Å². The van der Waals surface area contributed by atoms with Crippen LogP contribution in [0.2, 0.25) is 0 Å². The predicted molar refractivity (Wildman–Crippen MR) is 118 cm³/mol. The molecule has 0 aromatic heterocycles. The molecule has 2 amide bonds. The first kappa shape index (κ1) is 21.2. The first-order valence-electron chi connectivity index (χ1n) is 10.1. The zero-order chi connectivity index (χ0) is 22.0. The molecule has 4 rings (SSSR count). The van der Waals surface area contributed by atoms with Crippen molar-refractivity contribution in [3.8, 4) is 5.75 Å². The number of esters is 1. The molecule has 7 nitrogen and oxygen atoms in total. The molecule has 0 spiro atoms. The first-order chi connectivity index (χ1) is 14.9. The van der Waals surface area contributed by atoms with E-state index >= 15 is 0 Å². The molecule has 2 aromatic rings. The van der Waals surface area contributed by atoms with Crippen LogP contribution in [0, 0.1) is 0 Å². The maximum atomic E-state index is 12.6. The Hall–Kier alpha value is -3.00. The highest BCUT2D eigenvalue weighted by atomic mass is 32.2. The molecule has 0 unspecified atom stereocenters. The number of fused-ring (bicyclic) bond motifs is 1. The lowest BCUT2D eigenvalue weighted by molar-refractivity contribution is -0.154. The van der Waals surface area contributed by atoms with Gasteiger partial charge in [-0.3, -0.25) is 9.59 Å². The van der Waals surface area contributed by atoms with Crippen LogP contribution in [-0.2, 0) is 20.9 Å². The minimum atomic E-state index is -0.528. The van der Waals surface area contributed by atoms with Crippen LogP contribution in [0.3, 0.4) is 0 Å². The second-order valence-electron chi connectivity index (χ2n) is 7.75. The first-order valence-corrected chi connectivity index (χ1v) is 11.1. The van der Waals surface area contributed by atoms with Crippen LogP contribution in [0.15, 0.2) is 48.5 Å². The SMILES string of the molecule is COc1ccc(NC(=O)c2ccc(COC(=O)[C@@H]3CS[C@]4(C)CCC(=O)N34)cc2)cc1. The van der Waals surface area contributed by atoms with E-state index in [0.717, 1.165) is 12.0 Å². The smallest absolute Gasteiger partial charge is 0.330 e. The van der Waals surface area contributed by atoms with Gasteiger partial charge in [0, 0.05) is 23.4 Å². The fraction of sp³-hybridized carbons (Fsp3) is 0.348. The van der Waals surface area contributed by atoms with Gasteiger partial charge in [-0.15, -0.1) is 11.8 Å². The molecule has 0 saturated carbocycles. The molecular formula is C23H24N2O5S. The molecule has 0 radical (unpaired) electrons. The minimum absolute atomic E-state index is 0.0154. The van der Waals surface area contributed by atoms with Gasteiger partial charge in [-0.25, -0.2) is 4.79 Å². The summed E-state index contributed by atoms with van der Waals surface area (Å²) < 4.78 is 10.6. The molecule has 0 aliphatic carbocycles. The lowest BCUT2D eigenvalue weighted by Gasteiger charge is -2.29. The molecule has 2 aliphatic heterocycles. The summed E-state index contributed by atoms with van der Waals surface area (Å²) in [4.78, 5) is 38.6. The molecular weight excluding hydrogens is 416 g/mol. The number of rotatable bonds is 6. The van der Waals surface area contributed by atoms with Crippen LogP contribution in [0.1, 0.15) is 35.7 Å². The molecule has 8 heteroatoms. The Kier molecular flexibility index (Phi) is 5.91. The monoisotopic (exact) mass is 440 g/mol. The van der Waals surface area contributed by atoms with Crippen LogP contribution in [0.4, 0.5) is 5.69 Å². The number of methoxy groups -OCH3 is 1. The summed E-state index contributed by atoms with van der Waals surface area (Å²) in [5.41, 5.74) is 1.94. The van der Waals surface area contributed by atoms with Crippen LogP contribution in [0.25, 0.3) is 0 Å². The predicted octanol–water partition coefficient (Wildman–Crippen LogP) is 3.44. The van der Waals surface area contributed by atoms with Gasteiger partial charge in [0.05, 0.1) is 12.0 Å². The van der Waals surface area contributed by atoms with Crippen LogP contribution < -0.4 is 10.1 Å². The second-order valence-corrected chi connectivity index (χ2v) is 9.25. The van der Waals surface area contributed by atoms with Crippen molar-refractivity contribution in [1.29, 1.82) is 0 Å². The van der Waals surface area contributed by atoms with E-state index in [1.54, 1.807) is 72.3 Å². The van der Waals surface area contributed by atoms with Gasteiger partial charge in [0.2, 0.25) is 5.91 Å². The third-order valence-corrected chi connectivity index (χ3v) is 7.17. The van der Waals surface area contributed by atoms with Gasteiger partial charge in [0.25, 0.3) is 5.91 Å². The highest BCUT2D eigenvalue weighted by Gasteiger charge is 2.53. The number of amides is 2. The second kappa shape index (κ2) is 8.63. The van der Waals surface area contributed by atoms with Gasteiger partial charge >= 0.3 is 5.97 Å². The van der Waals surface area contributed by atoms with Crippen molar-refractivity contribution < 1.29 is 23.9 Å².